The fourth-order valence-electron chi connectivity index (χ4n) is 2.63. The number of carbonyl (C=O) groups is 2. The van der Waals surface area contributed by atoms with Gasteiger partial charge in [-0.1, -0.05) is 36.4 Å². The fraction of sp³-hybridized carbons (Fsp3) is 0.105. The normalized spacial score (nSPS) is 16.2. The van der Waals surface area contributed by atoms with E-state index in [4.69, 9.17) is 17.0 Å². The van der Waals surface area contributed by atoms with Crippen molar-refractivity contribution < 1.29 is 14.3 Å². The first-order chi connectivity index (χ1) is 12.0. The molecule has 1 fully saturated rings. The number of para-hydroxylation sites is 2. The van der Waals surface area contributed by atoms with Crippen LogP contribution in [0.3, 0.4) is 0 Å². The first-order valence-electron chi connectivity index (χ1n) is 7.63. The van der Waals surface area contributed by atoms with Crippen LogP contribution in [0.5, 0.6) is 5.75 Å². The van der Waals surface area contributed by atoms with Crippen LogP contribution >= 0.6 is 12.2 Å². The van der Waals surface area contributed by atoms with Crippen molar-refractivity contribution in [3.8, 4) is 5.75 Å². The van der Waals surface area contributed by atoms with Crippen LogP contribution in [-0.2, 0) is 9.59 Å². The highest BCUT2D eigenvalue weighted by Gasteiger charge is 2.35. The zero-order valence-corrected chi connectivity index (χ0v) is 14.6. The minimum atomic E-state index is -0.522. The van der Waals surface area contributed by atoms with E-state index in [-0.39, 0.29) is 10.7 Å². The summed E-state index contributed by atoms with van der Waals surface area (Å²) >= 11 is 5.21. The molecule has 25 heavy (non-hydrogen) atoms. The fourth-order valence-corrected chi connectivity index (χ4v) is 2.91. The lowest BCUT2D eigenvalue weighted by Gasteiger charge is -2.30. The molecule has 2 amide bonds. The maximum absolute atomic E-state index is 13.0. The van der Waals surface area contributed by atoms with E-state index in [0.29, 0.717) is 17.0 Å². The molecule has 1 N–H and O–H groups in total. The second-order valence-electron chi connectivity index (χ2n) is 5.49. The third-order valence-corrected chi connectivity index (χ3v) is 4.18. The number of methoxy groups -OCH3 is 1. The van der Waals surface area contributed by atoms with Gasteiger partial charge in [0.05, 0.1) is 12.8 Å². The molecule has 6 heteroatoms. The quantitative estimate of drug-likeness (QED) is 0.524. The lowest BCUT2D eigenvalue weighted by molar-refractivity contribution is -0.122. The summed E-state index contributed by atoms with van der Waals surface area (Å²) in [6, 6.07) is 14.5. The van der Waals surface area contributed by atoms with Gasteiger partial charge in [0, 0.05) is 5.56 Å². The summed E-state index contributed by atoms with van der Waals surface area (Å²) in [7, 11) is 1.54. The molecule has 1 saturated heterocycles. The highest BCUT2D eigenvalue weighted by molar-refractivity contribution is 7.80. The average molecular weight is 352 g/mol. The van der Waals surface area contributed by atoms with Crippen LogP contribution in [0, 0.1) is 6.92 Å². The van der Waals surface area contributed by atoms with E-state index in [9.17, 15) is 9.59 Å². The number of carbonyl (C=O) groups excluding carboxylic acids is 2. The number of nitrogens with zero attached hydrogens (tertiary/aromatic N) is 1. The first-order valence-corrected chi connectivity index (χ1v) is 8.04. The molecule has 0 spiro atoms. The third kappa shape index (κ3) is 3.16. The maximum atomic E-state index is 13.0. The molecule has 2 aromatic carbocycles. The van der Waals surface area contributed by atoms with E-state index in [1.165, 1.54) is 18.1 Å². The number of anilines is 1. The minimum absolute atomic E-state index is 0.00125. The molecule has 0 radical (unpaired) electrons. The number of hydrogen-bond acceptors (Lipinski definition) is 4. The number of aryl methyl sites for hydroxylation is 1. The smallest absolute Gasteiger partial charge is 0.270 e. The number of rotatable bonds is 3. The van der Waals surface area contributed by atoms with Gasteiger partial charge < -0.3 is 4.74 Å². The molecular weight excluding hydrogens is 336 g/mol. The van der Waals surface area contributed by atoms with Crippen LogP contribution in [0.2, 0.25) is 0 Å². The van der Waals surface area contributed by atoms with E-state index in [1.54, 1.807) is 18.2 Å². The summed E-state index contributed by atoms with van der Waals surface area (Å²) in [5.41, 5.74) is 2.16. The van der Waals surface area contributed by atoms with Gasteiger partial charge >= 0.3 is 0 Å². The van der Waals surface area contributed by atoms with E-state index < -0.39 is 11.8 Å². The van der Waals surface area contributed by atoms with E-state index >= 15 is 0 Å². The Morgan fingerprint density at radius 3 is 2.48 bits per heavy atom. The molecule has 1 heterocycles. The number of benzene rings is 2. The van der Waals surface area contributed by atoms with E-state index in [2.05, 4.69) is 5.32 Å². The highest BCUT2D eigenvalue weighted by atomic mass is 32.1. The number of hydrogen-bond donors (Lipinski definition) is 1. The second kappa shape index (κ2) is 6.86. The molecule has 1 aliphatic rings. The summed E-state index contributed by atoms with van der Waals surface area (Å²) in [5.74, 6) is -0.411. The van der Waals surface area contributed by atoms with Crippen LogP contribution in [0.4, 0.5) is 5.69 Å². The molecular formula is C19H16N2O3S. The van der Waals surface area contributed by atoms with Crippen molar-refractivity contribution in [2.75, 3.05) is 12.0 Å². The number of amides is 2. The Labute approximate surface area is 150 Å². The molecule has 0 aromatic heterocycles. The molecule has 0 bridgehead atoms. The van der Waals surface area contributed by atoms with Gasteiger partial charge in [0.1, 0.15) is 11.3 Å². The number of thiocarbonyl (C=S) groups is 1. The number of ether oxygens (including phenoxy) is 1. The predicted octanol–water partition coefficient (Wildman–Crippen LogP) is 2.83. The molecule has 0 unspecified atom stereocenters. The summed E-state index contributed by atoms with van der Waals surface area (Å²) in [6.45, 7) is 1.88. The lowest BCUT2D eigenvalue weighted by Crippen LogP contribution is -2.54. The number of nitrogens with one attached hydrogen (secondary N) is 1. The molecule has 2 aromatic rings. The monoisotopic (exact) mass is 352 g/mol. The Morgan fingerprint density at radius 2 is 1.76 bits per heavy atom. The predicted molar refractivity (Wildman–Crippen MR) is 100 cm³/mol. The lowest BCUT2D eigenvalue weighted by atomic mass is 10.1. The van der Waals surface area contributed by atoms with E-state index in [1.807, 2.05) is 37.3 Å². The summed E-state index contributed by atoms with van der Waals surface area (Å²) in [5, 5.41) is 2.65. The topological polar surface area (TPSA) is 58.6 Å². The summed E-state index contributed by atoms with van der Waals surface area (Å²) < 4.78 is 5.28. The Morgan fingerprint density at radius 1 is 1.08 bits per heavy atom. The van der Waals surface area contributed by atoms with Crippen molar-refractivity contribution in [2.24, 2.45) is 0 Å². The van der Waals surface area contributed by atoms with Crippen molar-refractivity contribution in [3.63, 3.8) is 0 Å². The Hall–Kier alpha value is -2.99. The van der Waals surface area contributed by atoms with Crippen LogP contribution in [0.1, 0.15) is 11.1 Å². The van der Waals surface area contributed by atoms with Gasteiger partial charge in [0.25, 0.3) is 11.8 Å². The molecule has 0 aliphatic carbocycles. The van der Waals surface area contributed by atoms with Crippen LogP contribution in [0.25, 0.3) is 6.08 Å². The standard InChI is InChI=1S/C19H16N2O3S/c1-12-7-3-5-9-15(12)21-18(23)14(17(22)20-19(21)25)11-13-8-4-6-10-16(13)24-2/h3-11H,1-2H3,(H,20,22,25)/b14-11+. The van der Waals surface area contributed by atoms with Crippen molar-refractivity contribution in [1.82, 2.24) is 5.32 Å². The molecule has 3 rings (SSSR count). The van der Waals surface area contributed by atoms with Gasteiger partial charge in [-0.25, -0.2) is 0 Å². The zero-order chi connectivity index (χ0) is 18.0. The average Bonchev–Trinajstić information content (AvgIpc) is 2.60. The van der Waals surface area contributed by atoms with Crippen LogP contribution in [-0.4, -0.2) is 24.0 Å². The largest absolute Gasteiger partial charge is 0.496 e. The molecule has 126 valence electrons. The SMILES string of the molecule is COc1ccccc1/C=C1\C(=O)NC(=S)N(c2ccccc2C)C1=O. The Bertz CT molecular complexity index is 905. The van der Waals surface area contributed by atoms with Crippen LogP contribution < -0.4 is 15.0 Å². The minimum Gasteiger partial charge on any atom is -0.496 e. The van der Waals surface area contributed by atoms with E-state index in [0.717, 1.165) is 5.56 Å². The molecule has 1 aliphatic heterocycles. The molecule has 5 nitrogen and oxygen atoms in total. The second-order valence-corrected chi connectivity index (χ2v) is 5.87. The van der Waals surface area contributed by atoms with Crippen molar-refractivity contribution in [2.45, 2.75) is 6.92 Å². The molecule has 0 saturated carbocycles. The Balaban J connectivity index is 2.07. The van der Waals surface area contributed by atoms with Gasteiger partial charge in [0.15, 0.2) is 5.11 Å². The van der Waals surface area contributed by atoms with Crippen molar-refractivity contribution >= 4 is 40.9 Å². The summed E-state index contributed by atoms with van der Waals surface area (Å²) in [4.78, 5) is 26.6. The van der Waals surface area contributed by atoms with Gasteiger partial charge in [-0.05, 0) is 42.9 Å². The van der Waals surface area contributed by atoms with Gasteiger partial charge in [-0.2, -0.15) is 0 Å². The third-order valence-electron chi connectivity index (χ3n) is 3.90. The van der Waals surface area contributed by atoms with Gasteiger partial charge in [-0.15, -0.1) is 0 Å². The first kappa shape index (κ1) is 16.9. The van der Waals surface area contributed by atoms with Gasteiger partial charge in [-0.3, -0.25) is 19.8 Å². The molecule has 0 atom stereocenters. The highest BCUT2D eigenvalue weighted by Crippen LogP contribution is 2.26. The maximum Gasteiger partial charge on any atom is 0.270 e. The van der Waals surface area contributed by atoms with Crippen LogP contribution in [0.15, 0.2) is 54.1 Å². The zero-order valence-electron chi connectivity index (χ0n) is 13.8. The summed E-state index contributed by atoms with van der Waals surface area (Å²) in [6.07, 6.45) is 1.52. The van der Waals surface area contributed by atoms with Crippen molar-refractivity contribution in [1.29, 1.82) is 0 Å². The Kier molecular flexibility index (Phi) is 4.63. The van der Waals surface area contributed by atoms with Gasteiger partial charge in [0.2, 0.25) is 0 Å². The van der Waals surface area contributed by atoms with Crippen molar-refractivity contribution in [3.05, 3.63) is 65.2 Å².